The van der Waals surface area contributed by atoms with Crippen molar-refractivity contribution in [3.63, 3.8) is 0 Å². The molecule has 0 spiro atoms. The number of aromatic nitrogens is 3. The summed E-state index contributed by atoms with van der Waals surface area (Å²) >= 11 is 0. The first-order valence-electron chi connectivity index (χ1n) is 5.47. The van der Waals surface area contributed by atoms with E-state index in [1.165, 1.54) is 24.5 Å². The van der Waals surface area contributed by atoms with E-state index in [1.807, 2.05) is 6.07 Å². The summed E-state index contributed by atoms with van der Waals surface area (Å²) in [5, 5.41) is 29.0. The van der Waals surface area contributed by atoms with E-state index < -0.39 is 4.92 Å². The molecule has 8 nitrogen and oxygen atoms in total. The standard InChI is InChI=1S/C11H10N6O2/c12-6-8-1-2-10(17(18)19)9(5-8)13-4-3-11-14-7-15-16-11/h1-2,5,7,13H,3-4H2,(H,14,15,16). The summed E-state index contributed by atoms with van der Waals surface area (Å²) in [6, 6.07) is 6.13. The van der Waals surface area contributed by atoms with Crippen molar-refractivity contribution in [2.24, 2.45) is 0 Å². The number of H-pyrrole nitrogens is 1. The van der Waals surface area contributed by atoms with E-state index in [9.17, 15) is 10.1 Å². The summed E-state index contributed by atoms with van der Waals surface area (Å²) in [5.74, 6) is 0.687. The van der Waals surface area contributed by atoms with Gasteiger partial charge in [-0.25, -0.2) is 4.98 Å². The molecule has 8 heteroatoms. The number of aromatic amines is 1. The molecule has 0 amide bonds. The van der Waals surface area contributed by atoms with Crippen molar-refractivity contribution in [1.29, 1.82) is 5.26 Å². The van der Waals surface area contributed by atoms with Crippen LogP contribution in [0.15, 0.2) is 24.5 Å². The van der Waals surface area contributed by atoms with E-state index in [1.54, 1.807) is 0 Å². The number of nitro groups is 1. The number of benzene rings is 1. The average Bonchev–Trinajstić information content (AvgIpc) is 2.91. The number of nitriles is 1. The fourth-order valence-electron chi connectivity index (χ4n) is 1.57. The van der Waals surface area contributed by atoms with Crippen LogP contribution >= 0.6 is 0 Å². The zero-order valence-corrected chi connectivity index (χ0v) is 9.83. The highest BCUT2D eigenvalue weighted by Gasteiger charge is 2.13. The SMILES string of the molecule is N#Cc1ccc([N+](=O)[O-])c(NCCc2ncn[nH]2)c1. The molecule has 0 radical (unpaired) electrons. The largest absolute Gasteiger partial charge is 0.379 e. The van der Waals surface area contributed by atoms with Crippen LogP contribution in [0.5, 0.6) is 0 Å². The van der Waals surface area contributed by atoms with Crippen molar-refractivity contribution in [2.75, 3.05) is 11.9 Å². The van der Waals surface area contributed by atoms with Crippen molar-refractivity contribution in [3.05, 3.63) is 46.0 Å². The van der Waals surface area contributed by atoms with Crippen LogP contribution in [-0.2, 0) is 6.42 Å². The summed E-state index contributed by atoms with van der Waals surface area (Å²) in [4.78, 5) is 14.3. The maximum atomic E-state index is 10.9. The molecule has 0 unspecified atom stereocenters. The minimum absolute atomic E-state index is 0.0587. The molecule has 0 bridgehead atoms. The van der Waals surface area contributed by atoms with Crippen molar-refractivity contribution >= 4 is 11.4 Å². The van der Waals surface area contributed by atoms with Crippen molar-refractivity contribution < 1.29 is 4.92 Å². The van der Waals surface area contributed by atoms with Crippen LogP contribution in [-0.4, -0.2) is 26.6 Å². The molecular formula is C11H10N6O2. The molecule has 0 aliphatic heterocycles. The fourth-order valence-corrected chi connectivity index (χ4v) is 1.57. The van der Waals surface area contributed by atoms with E-state index in [4.69, 9.17) is 5.26 Å². The predicted octanol–water partition coefficient (Wildman–Crippen LogP) is 1.24. The van der Waals surface area contributed by atoms with E-state index in [2.05, 4.69) is 20.5 Å². The second kappa shape index (κ2) is 5.59. The Balaban J connectivity index is 2.09. The topological polar surface area (TPSA) is 121 Å². The molecule has 2 rings (SSSR count). The van der Waals surface area contributed by atoms with Crippen LogP contribution < -0.4 is 5.32 Å². The van der Waals surface area contributed by atoms with Crippen molar-refractivity contribution in [3.8, 4) is 6.07 Å². The molecule has 2 aromatic rings. The van der Waals surface area contributed by atoms with Crippen LogP contribution in [0.2, 0.25) is 0 Å². The Morgan fingerprint density at radius 1 is 1.53 bits per heavy atom. The molecule has 0 aliphatic rings. The monoisotopic (exact) mass is 258 g/mol. The third-order valence-electron chi connectivity index (χ3n) is 2.46. The molecule has 0 fully saturated rings. The van der Waals surface area contributed by atoms with Gasteiger partial charge in [0.2, 0.25) is 0 Å². The molecule has 2 N–H and O–H groups in total. The Labute approximate surface area is 108 Å². The number of nitro benzene ring substituents is 1. The maximum absolute atomic E-state index is 10.9. The van der Waals surface area contributed by atoms with Gasteiger partial charge in [-0.05, 0) is 12.1 Å². The van der Waals surface area contributed by atoms with Crippen LogP contribution in [0, 0.1) is 21.4 Å². The lowest BCUT2D eigenvalue weighted by molar-refractivity contribution is -0.384. The number of rotatable bonds is 5. The Bertz CT molecular complexity index is 617. The number of hydrogen-bond donors (Lipinski definition) is 2. The average molecular weight is 258 g/mol. The molecule has 0 saturated carbocycles. The maximum Gasteiger partial charge on any atom is 0.292 e. The molecule has 0 saturated heterocycles. The lowest BCUT2D eigenvalue weighted by atomic mass is 10.2. The summed E-state index contributed by atoms with van der Waals surface area (Å²) in [6.07, 6.45) is 1.95. The van der Waals surface area contributed by atoms with Gasteiger partial charge in [-0.15, -0.1) is 0 Å². The molecule has 1 aromatic carbocycles. The summed E-state index contributed by atoms with van der Waals surface area (Å²) in [6.45, 7) is 0.449. The van der Waals surface area contributed by atoms with Gasteiger partial charge in [-0.1, -0.05) is 0 Å². The van der Waals surface area contributed by atoms with E-state index in [-0.39, 0.29) is 5.69 Å². The number of anilines is 1. The minimum atomic E-state index is -0.488. The number of nitrogens with one attached hydrogen (secondary N) is 2. The van der Waals surface area contributed by atoms with E-state index >= 15 is 0 Å². The Hall–Kier alpha value is -2.95. The second-order valence-electron chi connectivity index (χ2n) is 3.71. The molecule has 0 aliphatic carbocycles. The minimum Gasteiger partial charge on any atom is -0.379 e. The van der Waals surface area contributed by atoms with Gasteiger partial charge >= 0.3 is 0 Å². The molecule has 1 heterocycles. The van der Waals surface area contributed by atoms with Gasteiger partial charge in [0.25, 0.3) is 5.69 Å². The molecule has 19 heavy (non-hydrogen) atoms. The molecular weight excluding hydrogens is 248 g/mol. The predicted molar refractivity (Wildman–Crippen MR) is 66.4 cm³/mol. The normalized spacial score (nSPS) is 9.84. The van der Waals surface area contributed by atoms with Gasteiger partial charge in [0.05, 0.1) is 16.6 Å². The Morgan fingerprint density at radius 3 is 3.00 bits per heavy atom. The first-order valence-corrected chi connectivity index (χ1v) is 5.47. The van der Waals surface area contributed by atoms with Crippen LogP contribution in [0.1, 0.15) is 11.4 Å². The fraction of sp³-hybridized carbons (Fsp3) is 0.182. The summed E-state index contributed by atoms with van der Waals surface area (Å²) in [5.41, 5.74) is 0.632. The lowest BCUT2D eigenvalue weighted by Crippen LogP contribution is -2.08. The van der Waals surface area contributed by atoms with Gasteiger partial charge in [0.1, 0.15) is 17.8 Å². The van der Waals surface area contributed by atoms with Crippen LogP contribution in [0.4, 0.5) is 11.4 Å². The van der Waals surface area contributed by atoms with Crippen molar-refractivity contribution in [2.45, 2.75) is 6.42 Å². The zero-order chi connectivity index (χ0) is 13.7. The second-order valence-corrected chi connectivity index (χ2v) is 3.71. The molecule has 1 aromatic heterocycles. The quantitative estimate of drug-likeness (QED) is 0.614. The van der Waals surface area contributed by atoms with E-state index in [0.29, 0.717) is 30.0 Å². The third-order valence-corrected chi connectivity index (χ3v) is 2.46. The highest BCUT2D eigenvalue weighted by atomic mass is 16.6. The highest BCUT2D eigenvalue weighted by Crippen LogP contribution is 2.25. The smallest absolute Gasteiger partial charge is 0.292 e. The lowest BCUT2D eigenvalue weighted by Gasteiger charge is -2.06. The van der Waals surface area contributed by atoms with Gasteiger partial charge < -0.3 is 5.32 Å². The van der Waals surface area contributed by atoms with Gasteiger partial charge in [0, 0.05) is 19.0 Å². The van der Waals surface area contributed by atoms with E-state index in [0.717, 1.165) is 0 Å². The van der Waals surface area contributed by atoms with Gasteiger partial charge in [-0.3, -0.25) is 15.2 Å². The van der Waals surface area contributed by atoms with Gasteiger partial charge in [0.15, 0.2) is 0 Å². The first-order chi connectivity index (χ1) is 9.20. The summed E-state index contributed by atoms with van der Waals surface area (Å²) < 4.78 is 0. The van der Waals surface area contributed by atoms with Crippen LogP contribution in [0.25, 0.3) is 0 Å². The highest BCUT2D eigenvalue weighted by molar-refractivity contribution is 5.64. The number of hydrogen-bond acceptors (Lipinski definition) is 6. The Morgan fingerprint density at radius 2 is 2.37 bits per heavy atom. The molecule has 0 atom stereocenters. The molecule has 96 valence electrons. The Kier molecular flexibility index (Phi) is 3.68. The third kappa shape index (κ3) is 3.04. The zero-order valence-electron chi connectivity index (χ0n) is 9.83. The number of nitrogens with zero attached hydrogens (tertiary/aromatic N) is 4. The van der Waals surface area contributed by atoms with Gasteiger partial charge in [-0.2, -0.15) is 10.4 Å². The van der Waals surface area contributed by atoms with Crippen molar-refractivity contribution in [1.82, 2.24) is 15.2 Å². The van der Waals surface area contributed by atoms with Crippen LogP contribution in [0.3, 0.4) is 0 Å². The first kappa shape index (κ1) is 12.5. The summed E-state index contributed by atoms with van der Waals surface area (Å²) in [7, 11) is 0.